The molecule has 0 N–H and O–H groups in total. The Labute approximate surface area is 106 Å². The van der Waals surface area contributed by atoms with Crippen molar-refractivity contribution in [1.29, 1.82) is 0 Å². The summed E-state index contributed by atoms with van der Waals surface area (Å²) < 4.78 is 24.7. The molecular formula is C12H15BFNO3. The first-order valence-electron chi connectivity index (χ1n) is 5.73. The van der Waals surface area contributed by atoms with E-state index >= 15 is 0 Å². The monoisotopic (exact) mass is 251 g/mol. The molecule has 2 heterocycles. The molecule has 0 saturated carbocycles. The summed E-state index contributed by atoms with van der Waals surface area (Å²) in [4.78, 5) is 14.4. The number of nitrogens with zero attached hydrogens (tertiary/aromatic N) is 1. The van der Waals surface area contributed by atoms with E-state index in [4.69, 9.17) is 9.31 Å². The fourth-order valence-electron chi connectivity index (χ4n) is 1.69. The minimum absolute atomic E-state index is 0.215. The Morgan fingerprint density at radius 3 is 2.28 bits per heavy atom. The summed E-state index contributed by atoms with van der Waals surface area (Å²) in [7, 11) is -0.760. The molecule has 2 rings (SSSR count). The van der Waals surface area contributed by atoms with Crippen LogP contribution in [0.3, 0.4) is 0 Å². The summed E-state index contributed by atoms with van der Waals surface area (Å²) in [6.45, 7) is 7.58. The normalized spacial score (nSPS) is 21.1. The van der Waals surface area contributed by atoms with Crippen LogP contribution in [-0.4, -0.2) is 29.6 Å². The van der Waals surface area contributed by atoms with Crippen molar-refractivity contribution in [3.63, 3.8) is 0 Å². The molecule has 0 amide bonds. The second kappa shape index (κ2) is 4.14. The van der Waals surface area contributed by atoms with Gasteiger partial charge in [0.2, 0.25) is 5.95 Å². The van der Waals surface area contributed by atoms with Gasteiger partial charge in [0.1, 0.15) is 6.29 Å². The van der Waals surface area contributed by atoms with Crippen LogP contribution in [0, 0.1) is 5.95 Å². The van der Waals surface area contributed by atoms with Crippen molar-refractivity contribution in [3.8, 4) is 0 Å². The second-order valence-corrected chi connectivity index (χ2v) is 5.35. The lowest BCUT2D eigenvalue weighted by Gasteiger charge is -2.32. The first-order chi connectivity index (χ1) is 8.25. The Hall–Kier alpha value is -1.27. The van der Waals surface area contributed by atoms with Crippen LogP contribution in [0.15, 0.2) is 12.1 Å². The van der Waals surface area contributed by atoms with E-state index in [1.807, 2.05) is 27.7 Å². The smallest absolute Gasteiger partial charge is 0.398 e. The molecule has 0 aromatic carbocycles. The van der Waals surface area contributed by atoms with Crippen LogP contribution in [-0.2, 0) is 9.31 Å². The fraction of sp³-hybridized carbons (Fsp3) is 0.500. The van der Waals surface area contributed by atoms with Gasteiger partial charge in [-0.1, -0.05) is 0 Å². The number of halogens is 1. The largest absolute Gasteiger partial charge is 0.514 e. The average Bonchev–Trinajstić information content (AvgIpc) is 2.47. The Morgan fingerprint density at radius 1 is 1.22 bits per heavy atom. The lowest BCUT2D eigenvalue weighted by Crippen LogP contribution is -2.41. The van der Waals surface area contributed by atoms with Crippen molar-refractivity contribution < 1.29 is 18.5 Å². The fourth-order valence-corrected chi connectivity index (χ4v) is 1.69. The predicted molar refractivity (Wildman–Crippen MR) is 65.3 cm³/mol. The standard InChI is InChI=1S/C12H15BFNO3/c1-11(2)12(3,4)18-13(17-11)9-5-8(7-16)6-10(14)15-9/h5-7H,1-4H3. The van der Waals surface area contributed by atoms with Gasteiger partial charge in [0.15, 0.2) is 0 Å². The van der Waals surface area contributed by atoms with Crippen LogP contribution in [0.1, 0.15) is 38.1 Å². The lowest BCUT2D eigenvalue weighted by molar-refractivity contribution is 0.00578. The molecule has 0 bridgehead atoms. The van der Waals surface area contributed by atoms with Gasteiger partial charge in [-0.3, -0.25) is 4.79 Å². The van der Waals surface area contributed by atoms with Gasteiger partial charge in [-0.2, -0.15) is 4.39 Å². The Kier molecular flexibility index (Phi) is 3.03. The van der Waals surface area contributed by atoms with E-state index in [0.717, 1.165) is 6.07 Å². The minimum atomic E-state index is -0.760. The van der Waals surface area contributed by atoms with Gasteiger partial charge >= 0.3 is 7.12 Å². The molecule has 4 nitrogen and oxygen atoms in total. The number of rotatable bonds is 2. The highest BCUT2D eigenvalue weighted by molar-refractivity contribution is 6.61. The van der Waals surface area contributed by atoms with Gasteiger partial charge in [0, 0.05) is 11.6 Å². The minimum Gasteiger partial charge on any atom is -0.398 e. The molecule has 6 heteroatoms. The molecule has 0 unspecified atom stereocenters. The summed E-state index contributed by atoms with van der Waals surface area (Å²) >= 11 is 0. The quantitative estimate of drug-likeness (QED) is 0.452. The Morgan fingerprint density at radius 2 is 1.78 bits per heavy atom. The number of carbonyl (C=O) groups excluding carboxylic acids is 1. The first kappa shape index (κ1) is 13.2. The molecule has 0 atom stereocenters. The Balaban J connectivity index is 2.35. The van der Waals surface area contributed by atoms with Crippen molar-refractivity contribution in [2.75, 3.05) is 0 Å². The molecule has 1 aromatic heterocycles. The summed E-state index contributed by atoms with van der Waals surface area (Å²) in [6.07, 6.45) is 0.569. The molecular weight excluding hydrogens is 236 g/mol. The molecule has 1 aliphatic heterocycles. The number of aldehydes is 1. The molecule has 1 aliphatic rings. The maximum absolute atomic E-state index is 13.3. The molecule has 1 fully saturated rings. The highest BCUT2D eigenvalue weighted by Gasteiger charge is 2.52. The average molecular weight is 251 g/mol. The van der Waals surface area contributed by atoms with Crippen molar-refractivity contribution >= 4 is 19.0 Å². The van der Waals surface area contributed by atoms with E-state index in [1.165, 1.54) is 6.07 Å². The van der Waals surface area contributed by atoms with E-state index in [9.17, 15) is 9.18 Å². The van der Waals surface area contributed by atoms with Crippen LogP contribution in [0.2, 0.25) is 0 Å². The third kappa shape index (κ3) is 2.18. The molecule has 1 aromatic rings. The molecule has 0 radical (unpaired) electrons. The van der Waals surface area contributed by atoms with Crippen LogP contribution in [0.4, 0.5) is 4.39 Å². The zero-order valence-corrected chi connectivity index (χ0v) is 10.9. The maximum atomic E-state index is 13.3. The van der Waals surface area contributed by atoms with Crippen LogP contribution >= 0.6 is 0 Å². The SMILES string of the molecule is CC1(C)OB(c2cc(C=O)cc(F)n2)OC1(C)C. The van der Waals surface area contributed by atoms with Crippen molar-refractivity contribution in [1.82, 2.24) is 4.98 Å². The molecule has 1 saturated heterocycles. The number of pyridine rings is 1. The third-order valence-electron chi connectivity index (χ3n) is 3.47. The topological polar surface area (TPSA) is 48.4 Å². The molecule has 96 valence electrons. The van der Waals surface area contributed by atoms with Gasteiger partial charge in [-0.15, -0.1) is 0 Å². The molecule has 18 heavy (non-hydrogen) atoms. The Bertz CT molecular complexity index is 474. The molecule has 0 aliphatic carbocycles. The first-order valence-corrected chi connectivity index (χ1v) is 5.73. The summed E-state index contributed by atoms with van der Waals surface area (Å²) in [5.41, 5.74) is -0.553. The highest BCUT2D eigenvalue weighted by Crippen LogP contribution is 2.36. The van der Waals surface area contributed by atoms with E-state index in [-0.39, 0.29) is 11.2 Å². The van der Waals surface area contributed by atoms with E-state index in [2.05, 4.69) is 4.98 Å². The van der Waals surface area contributed by atoms with E-state index in [0.29, 0.717) is 6.29 Å². The van der Waals surface area contributed by atoms with Gasteiger partial charge in [0.25, 0.3) is 0 Å². The second-order valence-electron chi connectivity index (χ2n) is 5.35. The van der Waals surface area contributed by atoms with Crippen molar-refractivity contribution in [2.45, 2.75) is 38.9 Å². The number of aromatic nitrogens is 1. The van der Waals surface area contributed by atoms with Gasteiger partial charge < -0.3 is 9.31 Å². The van der Waals surface area contributed by atoms with Gasteiger partial charge in [-0.05, 0) is 33.8 Å². The lowest BCUT2D eigenvalue weighted by atomic mass is 9.83. The zero-order valence-electron chi connectivity index (χ0n) is 10.9. The van der Waals surface area contributed by atoms with Gasteiger partial charge in [0.05, 0.1) is 16.8 Å². The summed E-state index contributed by atoms with van der Waals surface area (Å²) in [5.74, 6) is -0.718. The maximum Gasteiger partial charge on any atom is 0.514 e. The summed E-state index contributed by atoms with van der Waals surface area (Å²) in [5, 5.41) is 0. The zero-order chi connectivity index (χ0) is 13.6. The van der Waals surface area contributed by atoms with Crippen molar-refractivity contribution in [2.24, 2.45) is 0 Å². The number of hydrogen-bond acceptors (Lipinski definition) is 4. The van der Waals surface area contributed by atoms with Crippen LogP contribution in [0.5, 0.6) is 0 Å². The van der Waals surface area contributed by atoms with Crippen LogP contribution < -0.4 is 5.59 Å². The number of carbonyl (C=O) groups is 1. The van der Waals surface area contributed by atoms with E-state index < -0.39 is 24.3 Å². The molecule has 0 spiro atoms. The predicted octanol–water partition coefficient (Wildman–Crippen LogP) is 1.33. The van der Waals surface area contributed by atoms with Crippen LogP contribution in [0.25, 0.3) is 0 Å². The highest BCUT2D eigenvalue weighted by atomic mass is 19.1. The third-order valence-corrected chi connectivity index (χ3v) is 3.47. The van der Waals surface area contributed by atoms with Crippen molar-refractivity contribution in [3.05, 3.63) is 23.6 Å². The number of hydrogen-bond donors (Lipinski definition) is 0. The summed E-state index contributed by atoms with van der Waals surface area (Å²) in [6, 6.07) is 2.54. The van der Waals surface area contributed by atoms with Gasteiger partial charge in [-0.25, -0.2) is 4.98 Å². The van der Waals surface area contributed by atoms with E-state index in [1.54, 1.807) is 0 Å².